The van der Waals surface area contributed by atoms with E-state index in [1.54, 1.807) is 6.07 Å². The molecule has 4 heteroatoms. The van der Waals surface area contributed by atoms with Gasteiger partial charge >= 0.3 is 0 Å². The summed E-state index contributed by atoms with van der Waals surface area (Å²) >= 11 is 5.66. The number of aromatic nitrogens is 2. The fraction of sp³-hybridized carbons (Fsp3) is 0.500. The van der Waals surface area contributed by atoms with Gasteiger partial charge in [0.05, 0.1) is 0 Å². The van der Waals surface area contributed by atoms with Gasteiger partial charge in [-0.1, -0.05) is 11.6 Å². The molecule has 0 saturated heterocycles. The van der Waals surface area contributed by atoms with Crippen molar-refractivity contribution in [2.24, 2.45) is 0 Å². The average molecular weight is 185 g/mol. The summed E-state index contributed by atoms with van der Waals surface area (Å²) in [7, 11) is 0. The second-order valence-electron chi connectivity index (χ2n) is 2.85. The first kappa shape index (κ1) is 7.80. The minimum absolute atomic E-state index is 0.343. The average Bonchev–Trinajstić information content (AvgIpc) is 1.97. The first-order valence-corrected chi connectivity index (χ1v) is 4.36. The lowest BCUT2D eigenvalue weighted by Crippen LogP contribution is -2.24. The van der Waals surface area contributed by atoms with Gasteiger partial charge in [0.2, 0.25) is 5.88 Å². The standard InChI is InChI=1S/C8H9ClN2O/c9-7-4-8(11-5-10-7)12-6-2-1-3-6/h4-6H,1-3H2. The van der Waals surface area contributed by atoms with Crippen LogP contribution in [0.15, 0.2) is 12.4 Å². The van der Waals surface area contributed by atoms with Crippen molar-refractivity contribution in [3.63, 3.8) is 0 Å². The molecule has 1 aromatic rings. The molecule has 2 rings (SSSR count). The van der Waals surface area contributed by atoms with Gasteiger partial charge in [0.15, 0.2) is 0 Å². The second kappa shape index (κ2) is 3.27. The highest BCUT2D eigenvalue weighted by atomic mass is 35.5. The Kier molecular flexibility index (Phi) is 2.13. The maximum Gasteiger partial charge on any atom is 0.218 e. The van der Waals surface area contributed by atoms with Crippen LogP contribution in [0.5, 0.6) is 5.88 Å². The Bertz CT molecular complexity index is 276. The smallest absolute Gasteiger partial charge is 0.218 e. The van der Waals surface area contributed by atoms with E-state index < -0.39 is 0 Å². The molecule has 12 heavy (non-hydrogen) atoms. The summed E-state index contributed by atoms with van der Waals surface area (Å²) in [4.78, 5) is 7.71. The van der Waals surface area contributed by atoms with Gasteiger partial charge in [-0.05, 0) is 19.3 Å². The number of nitrogens with zero attached hydrogens (tertiary/aromatic N) is 2. The summed E-state index contributed by atoms with van der Waals surface area (Å²) in [6, 6.07) is 1.64. The predicted octanol–water partition coefficient (Wildman–Crippen LogP) is 2.06. The fourth-order valence-electron chi connectivity index (χ4n) is 1.04. The van der Waals surface area contributed by atoms with Crippen molar-refractivity contribution in [1.82, 2.24) is 9.97 Å². The molecule has 1 aliphatic carbocycles. The van der Waals surface area contributed by atoms with Crippen LogP contribution in [0.4, 0.5) is 0 Å². The molecule has 0 N–H and O–H groups in total. The Balaban J connectivity index is 2.02. The molecular formula is C8H9ClN2O. The van der Waals surface area contributed by atoms with Gasteiger partial charge in [-0.3, -0.25) is 0 Å². The van der Waals surface area contributed by atoms with Gasteiger partial charge < -0.3 is 4.74 Å². The van der Waals surface area contributed by atoms with Crippen molar-refractivity contribution >= 4 is 11.6 Å². The number of hydrogen-bond donors (Lipinski definition) is 0. The summed E-state index contributed by atoms with van der Waals surface area (Å²) < 4.78 is 5.50. The van der Waals surface area contributed by atoms with Crippen LogP contribution in [0.3, 0.4) is 0 Å². The third-order valence-electron chi connectivity index (χ3n) is 1.95. The van der Waals surface area contributed by atoms with E-state index in [0.717, 1.165) is 12.8 Å². The Labute approximate surface area is 75.7 Å². The maximum absolute atomic E-state index is 5.66. The van der Waals surface area contributed by atoms with Crippen LogP contribution < -0.4 is 4.74 Å². The quantitative estimate of drug-likeness (QED) is 0.660. The molecule has 0 bridgehead atoms. The van der Waals surface area contributed by atoms with Crippen molar-refractivity contribution in [3.05, 3.63) is 17.5 Å². The highest BCUT2D eigenvalue weighted by Gasteiger charge is 2.19. The summed E-state index contributed by atoms with van der Waals surface area (Å²) in [6.45, 7) is 0. The van der Waals surface area contributed by atoms with E-state index in [4.69, 9.17) is 16.3 Å². The van der Waals surface area contributed by atoms with Crippen LogP contribution >= 0.6 is 11.6 Å². The van der Waals surface area contributed by atoms with E-state index in [-0.39, 0.29) is 0 Å². The molecule has 0 amide bonds. The van der Waals surface area contributed by atoms with Crippen molar-refractivity contribution < 1.29 is 4.74 Å². The van der Waals surface area contributed by atoms with E-state index in [1.165, 1.54) is 12.7 Å². The molecule has 1 fully saturated rings. The van der Waals surface area contributed by atoms with Crippen molar-refractivity contribution in [1.29, 1.82) is 0 Å². The zero-order valence-electron chi connectivity index (χ0n) is 6.53. The minimum atomic E-state index is 0.343. The number of ether oxygens (including phenoxy) is 1. The number of hydrogen-bond acceptors (Lipinski definition) is 3. The maximum atomic E-state index is 5.66. The second-order valence-corrected chi connectivity index (χ2v) is 3.24. The van der Waals surface area contributed by atoms with Crippen LogP contribution in [0.1, 0.15) is 19.3 Å². The summed E-state index contributed by atoms with van der Waals surface area (Å²) in [6.07, 6.45) is 5.26. The van der Waals surface area contributed by atoms with Gasteiger partial charge in [-0.25, -0.2) is 9.97 Å². The molecule has 0 spiro atoms. The fourth-order valence-corrected chi connectivity index (χ4v) is 1.18. The molecule has 1 aromatic heterocycles. The van der Waals surface area contributed by atoms with E-state index in [2.05, 4.69) is 9.97 Å². The van der Waals surface area contributed by atoms with Crippen LogP contribution in [0.2, 0.25) is 5.15 Å². The molecule has 3 nitrogen and oxygen atoms in total. The number of rotatable bonds is 2. The van der Waals surface area contributed by atoms with Crippen LogP contribution in [0.25, 0.3) is 0 Å². The largest absolute Gasteiger partial charge is 0.474 e. The highest BCUT2D eigenvalue weighted by molar-refractivity contribution is 6.29. The van der Waals surface area contributed by atoms with Crippen LogP contribution in [-0.2, 0) is 0 Å². The molecule has 0 aliphatic heterocycles. The van der Waals surface area contributed by atoms with E-state index in [1.807, 2.05) is 0 Å². The number of halogens is 1. The van der Waals surface area contributed by atoms with Crippen molar-refractivity contribution in [3.8, 4) is 5.88 Å². The van der Waals surface area contributed by atoms with E-state index >= 15 is 0 Å². The van der Waals surface area contributed by atoms with E-state index in [9.17, 15) is 0 Å². The molecular weight excluding hydrogens is 176 g/mol. The zero-order valence-corrected chi connectivity index (χ0v) is 7.29. The zero-order chi connectivity index (χ0) is 8.39. The SMILES string of the molecule is Clc1cc(OC2CCC2)ncn1. The van der Waals surface area contributed by atoms with Gasteiger partial charge in [0.1, 0.15) is 17.6 Å². The topological polar surface area (TPSA) is 35.0 Å². The molecule has 0 aromatic carbocycles. The Morgan fingerprint density at radius 3 is 2.83 bits per heavy atom. The molecule has 64 valence electrons. The van der Waals surface area contributed by atoms with Crippen molar-refractivity contribution in [2.45, 2.75) is 25.4 Å². The Hall–Kier alpha value is -0.830. The monoisotopic (exact) mass is 184 g/mol. The highest BCUT2D eigenvalue weighted by Crippen LogP contribution is 2.24. The molecule has 0 unspecified atom stereocenters. The normalized spacial score (nSPS) is 17.1. The Morgan fingerprint density at radius 1 is 1.42 bits per heavy atom. The molecule has 1 aliphatic rings. The van der Waals surface area contributed by atoms with Crippen LogP contribution in [-0.4, -0.2) is 16.1 Å². The predicted molar refractivity (Wildman–Crippen MR) is 45.3 cm³/mol. The third-order valence-corrected chi connectivity index (χ3v) is 2.15. The molecule has 1 saturated carbocycles. The van der Waals surface area contributed by atoms with Gasteiger partial charge in [-0.15, -0.1) is 0 Å². The lowest BCUT2D eigenvalue weighted by atomic mass is 9.96. The first-order valence-electron chi connectivity index (χ1n) is 3.99. The first-order chi connectivity index (χ1) is 5.84. The lowest BCUT2D eigenvalue weighted by molar-refractivity contribution is 0.114. The van der Waals surface area contributed by atoms with Crippen molar-refractivity contribution in [2.75, 3.05) is 0 Å². The third kappa shape index (κ3) is 1.67. The summed E-state index contributed by atoms with van der Waals surface area (Å²) in [5, 5.41) is 0.430. The Morgan fingerprint density at radius 2 is 2.25 bits per heavy atom. The summed E-state index contributed by atoms with van der Waals surface area (Å²) in [5.41, 5.74) is 0. The van der Waals surface area contributed by atoms with Gasteiger partial charge in [0.25, 0.3) is 0 Å². The minimum Gasteiger partial charge on any atom is -0.474 e. The molecule has 1 heterocycles. The van der Waals surface area contributed by atoms with E-state index in [0.29, 0.717) is 17.1 Å². The molecule has 0 radical (unpaired) electrons. The lowest BCUT2D eigenvalue weighted by Gasteiger charge is -2.25. The van der Waals surface area contributed by atoms with Gasteiger partial charge in [0, 0.05) is 6.07 Å². The molecule has 0 atom stereocenters. The van der Waals surface area contributed by atoms with Gasteiger partial charge in [-0.2, -0.15) is 0 Å². The van der Waals surface area contributed by atoms with Crippen LogP contribution in [0, 0.1) is 0 Å². The summed E-state index contributed by atoms with van der Waals surface area (Å²) in [5.74, 6) is 0.583.